The van der Waals surface area contributed by atoms with Gasteiger partial charge in [0.15, 0.2) is 0 Å². The van der Waals surface area contributed by atoms with Crippen molar-refractivity contribution in [3.8, 4) is 0 Å². The second-order valence-corrected chi connectivity index (χ2v) is 5.28. The number of aromatic nitrogens is 1. The lowest BCUT2D eigenvalue weighted by Crippen LogP contribution is -2.12. The van der Waals surface area contributed by atoms with Crippen LogP contribution in [0.3, 0.4) is 0 Å². The van der Waals surface area contributed by atoms with E-state index in [2.05, 4.69) is 29.9 Å². The van der Waals surface area contributed by atoms with Crippen LogP contribution < -0.4 is 5.73 Å². The Bertz CT molecular complexity index is 602. The summed E-state index contributed by atoms with van der Waals surface area (Å²) in [5, 5.41) is 1.25. The highest BCUT2D eigenvalue weighted by Gasteiger charge is 2.23. The summed E-state index contributed by atoms with van der Waals surface area (Å²) in [5.74, 6) is 0.916. The van der Waals surface area contributed by atoms with E-state index >= 15 is 0 Å². The fraction of sp³-hybridized carbons (Fsp3) is 0.400. The van der Waals surface area contributed by atoms with Crippen LogP contribution in [0.4, 0.5) is 5.69 Å². The molecule has 3 rings (SSSR count). The van der Waals surface area contributed by atoms with E-state index < -0.39 is 0 Å². The van der Waals surface area contributed by atoms with Crippen molar-refractivity contribution >= 4 is 22.4 Å². The van der Waals surface area contributed by atoms with Gasteiger partial charge in [-0.15, -0.1) is 0 Å². The summed E-state index contributed by atoms with van der Waals surface area (Å²) in [7, 11) is 2.07. The lowest BCUT2D eigenvalue weighted by molar-refractivity contribution is -0.120. The number of carbonyl (C=O) groups excluding carboxylic acids is 1. The minimum absolute atomic E-state index is 0.408. The topological polar surface area (TPSA) is 48.0 Å². The van der Waals surface area contributed by atoms with Crippen molar-refractivity contribution in [2.45, 2.75) is 31.6 Å². The number of fused-ring (bicyclic) bond motifs is 1. The third kappa shape index (κ3) is 1.80. The standard InChI is InChI=1S/C15H18N2O/c1-17-9-14(10-2-5-12(18)6-3-10)13-8-11(16)4-7-15(13)17/h4,7-10H,2-3,5-6,16H2,1H3. The highest BCUT2D eigenvalue weighted by atomic mass is 16.1. The molecule has 0 bridgehead atoms. The van der Waals surface area contributed by atoms with Gasteiger partial charge in [-0.05, 0) is 42.5 Å². The van der Waals surface area contributed by atoms with E-state index in [-0.39, 0.29) is 0 Å². The van der Waals surface area contributed by atoms with Crippen molar-refractivity contribution in [3.05, 3.63) is 30.0 Å². The van der Waals surface area contributed by atoms with Crippen molar-refractivity contribution in [1.82, 2.24) is 4.57 Å². The van der Waals surface area contributed by atoms with Gasteiger partial charge in [-0.2, -0.15) is 0 Å². The number of anilines is 1. The first-order valence-electron chi connectivity index (χ1n) is 6.51. The molecule has 1 fully saturated rings. The molecule has 1 heterocycles. The number of benzene rings is 1. The number of nitrogens with two attached hydrogens (primary N) is 1. The molecule has 0 amide bonds. The predicted molar refractivity (Wildman–Crippen MR) is 73.5 cm³/mol. The van der Waals surface area contributed by atoms with E-state index in [1.807, 2.05) is 6.07 Å². The number of nitrogen functional groups attached to an aromatic ring is 1. The molecule has 0 atom stereocenters. The molecule has 2 aromatic rings. The Kier molecular flexibility index (Phi) is 2.62. The quantitative estimate of drug-likeness (QED) is 0.781. The summed E-state index contributed by atoms with van der Waals surface area (Å²) in [5.41, 5.74) is 9.27. The van der Waals surface area contributed by atoms with Crippen LogP contribution in [0.25, 0.3) is 10.9 Å². The maximum absolute atomic E-state index is 11.3. The van der Waals surface area contributed by atoms with Gasteiger partial charge in [-0.25, -0.2) is 0 Å². The third-order valence-electron chi connectivity index (χ3n) is 4.03. The number of nitrogens with zero attached hydrogens (tertiary/aromatic N) is 1. The molecule has 0 spiro atoms. The van der Waals surface area contributed by atoms with Crippen LogP contribution in [0.1, 0.15) is 37.2 Å². The molecule has 3 heteroatoms. The zero-order chi connectivity index (χ0) is 12.7. The first-order chi connectivity index (χ1) is 8.65. The highest BCUT2D eigenvalue weighted by molar-refractivity contribution is 5.88. The lowest BCUT2D eigenvalue weighted by Gasteiger charge is -2.20. The van der Waals surface area contributed by atoms with Gasteiger partial charge in [-0.3, -0.25) is 4.79 Å². The first kappa shape index (κ1) is 11.3. The van der Waals surface area contributed by atoms with Gasteiger partial charge in [0.1, 0.15) is 5.78 Å². The molecule has 1 aromatic carbocycles. The van der Waals surface area contributed by atoms with Crippen LogP contribution in [0.15, 0.2) is 24.4 Å². The largest absolute Gasteiger partial charge is 0.399 e. The minimum Gasteiger partial charge on any atom is -0.399 e. The average Bonchev–Trinajstić information content (AvgIpc) is 2.67. The van der Waals surface area contributed by atoms with Gasteiger partial charge in [0.05, 0.1) is 0 Å². The first-order valence-corrected chi connectivity index (χ1v) is 6.51. The third-order valence-corrected chi connectivity index (χ3v) is 4.03. The Balaban J connectivity index is 2.06. The van der Waals surface area contributed by atoms with Crippen LogP contribution >= 0.6 is 0 Å². The molecular weight excluding hydrogens is 224 g/mol. The van der Waals surface area contributed by atoms with Crippen molar-refractivity contribution in [2.75, 3.05) is 5.73 Å². The van der Waals surface area contributed by atoms with E-state index in [9.17, 15) is 4.79 Å². The Hall–Kier alpha value is -1.77. The SMILES string of the molecule is Cn1cc(C2CCC(=O)CC2)c2cc(N)ccc21. The molecule has 1 aliphatic carbocycles. The van der Waals surface area contributed by atoms with E-state index in [0.717, 1.165) is 31.4 Å². The maximum Gasteiger partial charge on any atom is 0.132 e. The maximum atomic E-state index is 11.3. The van der Waals surface area contributed by atoms with Crippen LogP contribution in [0.5, 0.6) is 0 Å². The molecule has 2 N–H and O–H groups in total. The van der Waals surface area contributed by atoms with Gasteiger partial charge in [0, 0.05) is 42.7 Å². The van der Waals surface area contributed by atoms with Crippen LogP contribution in [0.2, 0.25) is 0 Å². The van der Waals surface area contributed by atoms with Crippen LogP contribution in [-0.4, -0.2) is 10.4 Å². The second kappa shape index (κ2) is 4.16. The van der Waals surface area contributed by atoms with Gasteiger partial charge >= 0.3 is 0 Å². The number of carbonyl (C=O) groups is 1. The van der Waals surface area contributed by atoms with E-state index in [1.165, 1.54) is 16.5 Å². The molecule has 18 heavy (non-hydrogen) atoms. The molecule has 0 unspecified atom stereocenters. The van der Waals surface area contributed by atoms with E-state index in [1.54, 1.807) is 0 Å². The molecule has 3 nitrogen and oxygen atoms in total. The fourth-order valence-electron chi connectivity index (χ4n) is 3.02. The Morgan fingerprint density at radius 3 is 2.72 bits per heavy atom. The monoisotopic (exact) mass is 242 g/mol. The summed E-state index contributed by atoms with van der Waals surface area (Å²) in [6, 6.07) is 6.07. The zero-order valence-corrected chi connectivity index (χ0v) is 10.6. The summed E-state index contributed by atoms with van der Waals surface area (Å²) in [6.07, 6.45) is 5.61. The minimum atomic E-state index is 0.408. The number of hydrogen-bond donors (Lipinski definition) is 1. The Morgan fingerprint density at radius 2 is 2.00 bits per heavy atom. The molecule has 94 valence electrons. The predicted octanol–water partition coefficient (Wildman–Crippen LogP) is 2.99. The molecule has 0 radical (unpaired) electrons. The van der Waals surface area contributed by atoms with Crippen molar-refractivity contribution in [1.29, 1.82) is 0 Å². The van der Waals surface area contributed by atoms with Crippen molar-refractivity contribution in [3.63, 3.8) is 0 Å². The number of hydrogen-bond acceptors (Lipinski definition) is 2. The number of aryl methyl sites for hydroxylation is 1. The molecular formula is C15H18N2O. The van der Waals surface area contributed by atoms with Crippen molar-refractivity contribution < 1.29 is 4.79 Å². The molecule has 0 aliphatic heterocycles. The number of rotatable bonds is 1. The summed E-state index contributed by atoms with van der Waals surface area (Å²) >= 11 is 0. The van der Waals surface area contributed by atoms with Gasteiger partial charge in [0.2, 0.25) is 0 Å². The number of ketones is 1. The Morgan fingerprint density at radius 1 is 1.28 bits per heavy atom. The van der Waals surface area contributed by atoms with E-state index in [4.69, 9.17) is 5.73 Å². The van der Waals surface area contributed by atoms with Gasteiger partial charge < -0.3 is 10.3 Å². The molecule has 1 aromatic heterocycles. The highest BCUT2D eigenvalue weighted by Crippen LogP contribution is 2.36. The van der Waals surface area contributed by atoms with Crippen molar-refractivity contribution in [2.24, 2.45) is 7.05 Å². The van der Waals surface area contributed by atoms with Gasteiger partial charge in [0.25, 0.3) is 0 Å². The smallest absolute Gasteiger partial charge is 0.132 e. The average molecular weight is 242 g/mol. The van der Waals surface area contributed by atoms with E-state index in [0.29, 0.717) is 11.7 Å². The molecule has 0 saturated heterocycles. The molecule has 1 aliphatic rings. The fourth-order valence-corrected chi connectivity index (χ4v) is 3.02. The number of Topliss-reactive ketones (excluding diaryl/α,β-unsaturated/α-hetero) is 1. The summed E-state index contributed by atoms with van der Waals surface area (Å²) in [4.78, 5) is 11.3. The Labute approximate surface area is 107 Å². The van der Waals surface area contributed by atoms with Crippen LogP contribution in [-0.2, 0) is 11.8 Å². The van der Waals surface area contributed by atoms with Gasteiger partial charge in [-0.1, -0.05) is 0 Å². The normalized spacial score (nSPS) is 17.5. The second-order valence-electron chi connectivity index (χ2n) is 5.28. The lowest BCUT2D eigenvalue weighted by atomic mass is 9.83. The zero-order valence-electron chi connectivity index (χ0n) is 10.6. The van der Waals surface area contributed by atoms with Crippen LogP contribution in [0, 0.1) is 0 Å². The molecule has 1 saturated carbocycles. The summed E-state index contributed by atoms with van der Waals surface area (Å²) < 4.78 is 2.15. The summed E-state index contributed by atoms with van der Waals surface area (Å²) in [6.45, 7) is 0.